The molecule has 1 amide bonds. The van der Waals surface area contributed by atoms with Gasteiger partial charge in [-0.05, 0) is 45.2 Å². The molecule has 0 bridgehead atoms. The number of amides is 1. The Morgan fingerprint density at radius 1 is 1.17 bits per heavy atom. The molecule has 2 fully saturated rings. The van der Waals surface area contributed by atoms with Gasteiger partial charge in [0.15, 0.2) is 5.96 Å². The van der Waals surface area contributed by atoms with E-state index < -0.39 is 0 Å². The van der Waals surface area contributed by atoms with Crippen LogP contribution in [-0.4, -0.2) is 112 Å². The van der Waals surface area contributed by atoms with Gasteiger partial charge in [-0.15, -0.1) is 24.0 Å². The number of rotatable bonds is 10. The van der Waals surface area contributed by atoms with Gasteiger partial charge in [-0.2, -0.15) is 0 Å². The number of likely N-dealkylation sites (tertiary alicyclic amines) is 2. The van der Waals surface area contributed by atoms with Crippen LogP contribution in [0.5, 0.6) is 0 Å². The number of nitrogens with one attached hydrogen (secondary N) is 1. The molecule has 9 heteroatoms. The van der Waals surface area contributed by atoms with Gasteiger partial charge in [-0.1, -0.05) is 6.92 Å². The van der Waals surface area contributed by atoms with E-state index in [0.29, 0.717) is 12.1 Å². The van der Waals surface area contributed by atoms with Crippen LogP contribution in [0.25, 0.3) is 0 Å². The second-order valence-electron chi connectivity index (χ2n) is 8.14. The number of halogens is 1. The fourth-order valence-electron chi connectivity index (χ4n) is 3.99. The molecule has 1 unspecified atom stereocenters. The van der Waals surface area contributed by atoms with Crippen LogP contribution in [0.4, 0.5) is 0 Å². The highest BCUT2D eigenvalue weighted by Crippen LogP contribution is 2.17. The molecule has 30 heavy (non-hydrogen) atoms. The third kappa shape index (κ3) is 9.23. The standard InChI is InChI=1S/C21H41N5O3.HI/c1-5-25-11-6-8-18(25)16-22-21(23-17-20(27)24(2)3)26-12-9-19(10-13-26)29-15-7-14-28-4;/h18-19H,5-17H2,1-4H3,(H,22,23);1H. The Labute approximate surface area is 199 Å². The molecule has 2 aliphatic heterocycles. The Kier molecular flexibility index (Phi) is 13.9. The molecule has 0 aliphatic carbocycles. The summed E-state index contributed by atoms with van der Waals surface area (Å²) in [6, 6.07) is 0.552. The summed E-state index contributed by atoms with van der Waals surface area (Å²) in [5.41, 5.74) is 0. The Bertz CT molecular complexity index is 513. The highest BCUT2D eigenvalue weighted by Gasteiger charge is 2.26. The molecular weight excluding hydrogens is 497 g/mol. The molecule has 2 rings (SSSR count). The molecule has 8 nitrogen and oxygen atoms in total. The van der Waals surface area contributed by atoms with Crippen molar-refractivity contribution in [1.82, 2.24) is 20.0 Å². The predicted octanol–water partition coefficient (Wildman–Crippen LogP) is 1.64. The summed E-state index contributed by atoms with van der Waals surface area (Å²) in [5, 5.41) is 3.57. The minimum atomic E-state index is 0. The lowest BCUT2D eigenvalue weighted by Gasteiger charge is -2.35. The number of carbonyl (C=O) groups is 1. The van der Waals surface area contributed by atoms with Gasteiger partial charge >= 0.3 is 0 Å². The maximum absolute atomic E-state index is 12.0. The summed E-state index contributed by atoms with van der Waals surface area (Å²) in [7, 11) is 5.27. The molecule has 0 aromatic rings. The van der Waals surface area contributed by atoms with E-state index in [-0.39, 0.29) is 36.4 Å². The smallest absolute Gasteiger partial charge is 0.243 e. The lowest BCUT2D eigenvalue weighted by atomic mass is 10.1. The van der Waals surface area contributed by atoms with Crippen molar-refractivity contribution in [3.8, 4) is 0 Å². The van der Waals surface area contributed by atoms with Gasteiger partial charge in [0.05, 0.1) is 6.10 Å². The van der Waals surface area contributed by atoms with E-state index in [0.717, 1.165) is 64.6 Å². The van der Waals surface area contributed by atoms with Crippen molar-refractivity contribution in [3.63, 3.8) is 0 Å². The van der Waals surface area contributed by atoms with Crippen molar-refractivity contribution in [3.05, 3.63) is 0 Å². The van der Waals surface area contributed by atoms with Crippen molar-refractivity contribution in [2.75, 3.05) is 73.7 Å². The lowest BCUT2D eigenvalue weighted by molar-refractivity contribution is -0.127. The minimum absolute atomic E-state index is 0. The van der Waals surface area contributed by atoms with Gasteiger partial charge in [0.25, 0.3) is 0 Å². The number of aliphatic imine (C=N–C) groups is 1. The van der Waals surface area contributed by atoms with Crippen LogP contribution in [0.15, 0.2) is 4.99 Å². The lowest BCUT2D eigenvalue weighted by Crippen LogP contribution is -2.50. The largest absolute Gasteiger partial charge is 0.385 e. The number of hydrogen-bond donors (Lipinski definition) is 1. The van der Waals surface area contributed by atoms with E-state index >= 15 is 0 Å². The molecule has 0 radical (unpaired) electrons. The van der Waals surface area contributed by atoms with E-state index in [4.69, 9.17) is 9.47 Å². The highest BCUT2D eigenvalue weighted by atomic mass is 127. The first-order valence-corrected chi connectivity index (χ1v) is 11.1. The van der Waals surface area contributed by atoms with Crippen LogP contribution in [0.2, 0.25) is 0 Å². The topological polar surface area (TPSA) is 69.6 Å². The first-order valence-electron chi connectivity index (χ1n) is 11.1. The van der Waals surface area contributed by atoms with Crippen LogP contribution >= 0.6 is 24.0 Å². The summed E-state index contributed by atoms with van der Waals surface area (Å²) in [5.74, 6) is 0.887. The molecule has 1 atom stereocenters. The average molecular weight is 540 g/mol. The van der Waals surface area contributed by atoms with Crippen LogP contribution in [0.1, 0.15) is 39.0 Å². The number of ether oxygens (including phenoxy) is 2. The van der Waals surface area contributed by atoms with E-state index in [1.54, 1.807) is 26.1 Å². The Hall–Kier alpha value is -0.650. The fraction of sp³-hybridized carbons (Fsp3) is 0.905. The zero-order valence-electron chi connectivity index (χ0n) is 19.3. The maximum Gasteiger partial charge on any atom is 0.243 e. The number of nitrogens with zero attached hydrogens (tertiary/aromatic N) is 4. The van der Waals surface area contributed by atoms with Crippen molar-refractivity contribution >= 4 is 35.8 Å². The monoisotopic (exact) mass is 539 g/mol. The highest BCUT2D eigenvalue weighted by molar-refractivity contribution is 14.0. The molecule has 0 saturated carbocycles. The first-order chi connectivity index (χ1) is 14.0. The minimum Gasteiger partial charge on any atom is -0.385 e. The summed E-state index contributed by atoms with van der Waals surface area (Å²) >= 11 is 0. The van der Waals surface area contributed by atoms with Crippen LogP contribution in [0.3, 0.4) is 0 Å². The molecular formula is C21H42IN5O3. The van der Waals surface area contributed by atoms with Crippen molar-refractivity contribution in [2.24, 2.45) is 4.99 Å². The van der Waals surface area contributed by atoms with Crippen molar-refractivity contribution in [2.45, 2.75) is 51.2 Å². The predicted molar refractivity (Wildman–Crippen MR) is 132 cm³/mol. The summed E-state index contributed by atoms with van der Waals surface area (Å²) in [6.07, 6.45) is 5.70. The Balaban J connectivity index is 0.00000450. The van der Waals surface area contributed by atoms with Crippen LogP contribution in [0, 0.1) is 0 Å². The number of carbonyl (C=O) groups excluding carboxylic acids is 1. The fourth-order valence-corrected chi connectivity index (χ4v) is 3.99. The molecule has 2 heterocycles. The first kappa shape index (κ1) is 27.4. The number of methoxy groups -OCH3 is 1. The van der Waals surface area contributed by atoms with Gasteiger partial charge in [0, 0.05) is 60.1 Å². The maximum atomic E-state index is 12.0. The second kappa shape index (κ2) is 15.2. The Morgan fingerprint density at radius 3 is 2.53 bits per heavy atom. The normalized spacial score (nSPS) is 20.9. The number of hydrogen-bond acceptors (Lipinski definition) is 5. The van der Waals surface area contributed by atoms with E-state index in [9.17, 15) is 4.79 Å². The van der Waals surface area contributed by atoms with Crippen molar-refractivity contribution in [1.29, 1.82) is 0 Å². The van der Waals surface area contributed by atoms with Crippen molar-refractivity contribution < 1.29 is 14.3 Å². The number of guanidine groups is 1. The van der Waals surface area contributed by atoms with Gasteiger partial charge in [-0.3, -0.25) is 9.69 Å². The molecule has 176 valence electrons. The molecule has 0 aromatic heterocycles. The zero-order valence-corrected chi connectivity index (χ0v) is 21.6. The Morgan fingerprint density at radius 2 is 1.90 bits per heavy atom. The SMILES string of the molecule is CCN1CCCC1CNC(=NCC(=O)N(C)C)N1CCC(OCCCOC)CC1.I. The second-order valence-corrected chi connectivity index (χ2v) is 8.14. The summed E-state index contributed by atoms with van der Waals surface area (Å²) < 4.78 is 11.1. The molecule has 2 saturated heterocycles. The van der Waals surface area contributed by atoms with E-state index in [1.165, 1.54) is 19.4 Å². The van der Waals surface area contributed by atoms with E-state index in [2.05, 4.69) is 27.0 Å². The number of piperidine rings is 1. The van der Waals surface area contributed by atoms with Gasteiger partial charge < -0.3 is 24.6 Å². The zero-order chi connectivity index (χ0) is 21.1. The average Bonchev–Trinajstić information content (AvgIpc) is 3.19. The van der Waals surface area contributed by atoms with Gasteiger partial charge in [-0.25, -0.2) is 4.99 Å². The van der Waals surface area contributed by atoms with Crippen LogP contribution in [-0.2, 0) is 14.3 Å². The third-order valence-corrected chi connectivity index (χ3v) is 5.85. The molecule has 1 N–H and O–H groups in total. The molecule has 0 spiro atoms. The summed E-state index contributed by atoms with van der Waals surface area (Å²) in [4.78, 5) is 23.1. The molecule has 0 aromatic carbocycles. The van der Waals surface area contributed by atoms with Gasteiger partial charge in [0.1, 0.15) is 6.54 Å². The summed E-state index contributed by atoms with van der Waals surface area (Å²) in [6.45, 7) is 8.86. The molecule has 2 aliphatic rings. The number of likely N-dealkylation sites (N-methyl/N-ethyl adjacent to an activating group) is 2. The van der Waals surface area contributed by atoms with Crippen LogP contribution < -0.4 is 5.32 Å². The van der Waals surface area contributed by atoms with Gasteiger partial charge in [0.2, 0.25) is 5.91 Å². The quantitative estimate of drug-likeness (QED) is 0.197. The van der Waals surface area contributed by atoms with E-state index in [1.807, 2.05) is 0 Å². The third-order valence-electron chi connectivity index (χ3n) is 5.85.